The number of ether oxygens (including phenoxy) is 1. The van der Waals surface area contributed by atoms with Crippen molar-refractivity contribution in [1.82, 2.24) is 15.5 Å². The minimum absolute atomic E-state index is 0.00172. The number of likely N-dealkylation sites (tertiary alicyclic amines) is 1. The molecule has 2 rings (SSSR count). The Bertz CT molecular complexity index is 537. The molecule has 0 atom stereocenters. The Kier molecular flexibility index (Phi) is 7.06. The van der Waals surface area contributed by atoms with Crippen molar-refractivity contribution in [2.24, 2.45) is 5.92 Å². The molecule has 6 heteroatoms. The van der Waals surface area contributed by atoms with Crippen LogP contribution >= 0.6 is 0 Å². The molecular formula is C18H27N3O3. The first-order valence-electron chi connectivity index (χ1n) is 8.46. The highest BCUT2D eigenvalue weighted by Crippen LogP contribution is 2.18. The predicted octanol–water partition coefficient (Wildman–Crippen LogP) is 1.27. The van der Waals surface area contributed by atoms with Crippen LogP contribution in [-0.2, 0) is 4.79 Å². The maximum Gasteiger partial charge on any atom is 0.251 e. The maximum atomic E-state index is 12.0. The lowest BCUT2D eigenvalue weighted by atomic mass is 9.94. The van der Waals surface area contributed by atoms with Crippen molar-refractivity contribution in [1.29, 1.82) is 0 Å². The number of carbonyl (C=O) groups excluding carboxylic acids is 2. The van der Waals surface area contributed by atoms with E-state index in [2.05, 4.69) is 22.6 Å². The standard InChI is InChI=1S/C18H27N3O3/c1-21-11-8-14(9-12-21)7-10-19-17(22)13-20-18(23)15-3-5-16(24-2)6-4-15/h3-6,14H,7-13H2,1-2H3,(H,19,22)(H,20,23). The highest BCUT2D eigenvalue weighted by atomic mass is 16.5. The fraction of sp³-hybridized carbons (Fsp3) is 0.556. The van der Waals surface area contributed by atoms with Crippen LogP contribution in [0.15, 0.2) is 24.3 Å². The molecule has 2 N–H and O–H groups in total. The SMILES string of the molecule is COc1ccc(C(=O)NCC(=O)NCCC2CCN(C)CC2)cc1. The summed E-state index contributed by atoms with van der Waals surface area (Å²) in [7, 11) is 3.72. The zero-order valence-corrected chi connectivity index (χ0v) is 14.5. The molecule has 6 nitrogen and oxygen atoms in total. The summed E-state index contributed by atoms with van der Waals surface area (Å²) in [5.41, 5.74) is 0.509. The van der Waals surface area contributed by atoms with Gasteiger partial charge in [0.15, 0.2) is 0 Å². The van der Waals surface area contributed by atoms with Gasteiger partial charge in [-0.15, -0.1) is 0 Å². The van der Waals surface area contributed by atoms with Gasteiger partial charge in [-0.2, -0.15) is 0 Å². The largest absolute Gasteiger partial charge is 0.497 e. The van der Waals surface area contributed by atoms with Crippen LogP contribution in [0.5, 0.6) is 5.75 Å². The molecule has 1 aliphatic rings. The summed E-state index contributed by atoms with van der Waals surface area (Å²) in [6, 6.07) is 6.78. The van der Waals surface area contributed by atoms with Gasteiger partial charge in [0.2, 0.25) is 5.91 Å². The summed E-state index contributed by atoms with van der Waals surface area (Å²) in [5, 5.41) is 5.51. The van der Waals surface area contributed by atoms with Gasteiger partial charge in [-0.25, -0.2) is 0 Å². The zero-order chi connectivity index (χ0) is 17.4. The zero-order valence-electron chi connectivity index (χ0n) is 14.5. The molecule has 0 bridgehead atoms. The van der Waals surface area contributed by atoms with Crippen LogP contribution in [0.1, 0.15) is 29.6 Å². The van der Waals surface area contributed by atoms with Crippen molar-refractivity contribution in [2.75, 3.05) is 40.3 Å². The molecule has 132 valence electrons. The Hall–Kier alpha value is -2.08. The molecule has 0 unspecified atom stereocenters. The lowest BCUT2D eigenvalue weighted by Gasteiger charge is -2.28. The van der Waals surface area contributed by atoms with Crippen LogP contribution in [0.3, 0.4) is 0 Å². The van der Waals surface area contributed by atoms with E-state index in [4.69, 9.17) is 4.74 Å². The molecule has 24 heavy (non-hydrogen) atoms. The Morgan fingerprint density at radius 3 is 2.46 bits per heavy atom. The lowest BCUT2D eigenvalue weighted by molar-refractivity contribution is -0.120. The van der Waals surface area contributed by atoms with Gasteiger partial charge in [-0.05, 0) is 69.6 Å². The molecule has 1 saturated heterocycles. The fourth-order valence-corrected chi connectivity index (χ4v) is 2.83. The number of hydrogen-bond donors (Lipinski definition) is 2. The average molecular weight is 333 g/mol. The Morgan fingerprint density at radius 1 is 1.17 bits per heavy atom. The molecule has 1 aliphatic heterocycles. The van der Waals surface area contributed by atoms with Crippen LogP contribution in [-0.4, -0.2) is 57.1 Å². The molecule has 0 radical (unpaired) electrons. The lowest BCUT2D eigenvalue weighted by Crippen LogP contribution is -2.38. The molecule has 1 aromatic carbocycles. The van der Waals surface area contributed by atoms with E-state index < -0.39 is 0 Å². The number of hydrogen-bond acceptors (Lipinski definition) is 4. The average Bonchev–Trinajstić information content (AvgIpc) is 2.61. The number of nitrogens with zero attached hydrogens (tertiary/aromatic N) is 1. The minimum Gasteiger partial charge on any atom is -0.497 e. The highest BCUT2D eigenvalue weighted by molar-refractivity contribution is 5.96. The second kappa shape index (κ2) is 9.27. The molecule has 1 heterocycles. The number of rotatable bonds is 7. The number of nitrogens with one attached hydrogen (secondary N) is 2. The van der Waals surface area contributed by atoms with Gasteiger partial charge in [0.05, 0.1) is 13.7 Å². The molecule has 1 aromatic rings. The minimum atomic E-state index is -0.261. The van der Waals surface area contributed by atoms with Gasteiger partial charge >= 0.3 is 0 Å². The van der Waals surface area contributed by atoms with E-state index in [9.17, 15) is 9.59 Å². The molecule has 0 saturated carbocycles. The van der Waals surface area contributed by atoms with Gasteiger partial charge in [-0.3, -0.25) is 9.59 Å². The van der Waals surface area contributed by atoms with Crippen molar-refractivity contribution >= 4 is 11.8 Å². The second-order valence-corrected chi connectivity index (χ2v) is 6.30. The topological polar surface area (TPSA) is 70.7 Å². The number of methoxy groups -OCH3 is 1. The first-order valence-corrected chi connectivity index (χ1v) is 8.46. The number of piperidine rings is 1. The van der Waals surface area contributed by atoms with E-state index in [-0.39, 0.29) is 18.4 Å². The van der Waals surface area contributed by atoms with Crippen molar-refractivity contribution in [3.63, 3.8) is 0 Å². The van der Waals surface area contributed by atoms with Crippen LogP contribution in [0.2, 0.25) is 0 Å². The number of carbonyl (C=O) groups is 2. The van der Waals surface area contributed by atoms with Gasteiger partial charge in [0.1, 0.15) is 5.75 Å². The van der Waals surface area contributed by atoms with Crippen molar-refractivity contribution in [3.05, 3.63) is 29.8 Å². The molecule has 0 aromatic heterocycles. The van der Waals surface area contributed by atoms with Gasteiger partial charge in [0, 0.05) is 12.1 Å². The van der Waals surface area contributed by atoms with Crippen LogP contribution in [0.4, 0.5) is 0 Å². The highest BCUT2D eigenvalue weighted by Gasteiger charge is 2.16. The quantitative estimate of drug-likeness (QED) is 0.788. The van der Waals surface area contributed by atoms with Crippen molar-refractivity contribution in [3.8, 4) is 5.75 Å². The molecule has 2 amide bonds. The Balaban J connectivity index is 1.62. The molecular weight excluding hydrogens is 306 g/mol. The van der Waals surface area contributed by atoms with E-state index >= 15 is 0 Å². The number of benzene rings is 1. The third-order valence-electron chi connectivity index (χ3n) is 4.47. The van der Waals surface area contributed by atoms with E-state index in [1.807, 2.05) is 0 Å². The third kappa shape index (κ3) is 5.85. The first kappa shape index (κ1) is 18.3. The maximum absolute atomic E-state index is 12.0. The molecule has 0 aliphatic carbocycles. The third-order valence-corrected chi connectivity index (χ3v) is 4.47. The van der Waals surface area contributed by atoms with Gasteiger partial charge in [0.25, 0.3) is 5.91 Å². The smallest absolute Gasteiger partial charge is 0.251 e. The van der Waals surface area contributed by atoms with Gasteiger partial charge in [-0.1, -0.05) is 0 Å². The van der Waals surface area contributed by atoms with Crippen molar-refractivity contribution < 1.29 is 14.3 Å². The number of amides is 2. The summed E-state index contributed by atoms with van der Waals surface area (Å²) < 4.78 is 5.05. The van der Waals surface area contributed by atoms with E-state index in [1.54, 1.807) is 31.4 Å². The van der Waals surface area contributed by atoms with E-state index in [1.165, 1.54) is 12.8 Å². The summed E-state index contributed by atoms with van der Waals surface area (Å²) in [5.74, 6) is 0.974. The Morgan fingerprint density at radius 2 is 1.83 bits per heavy atom. The normalized spacial score (nSPS) is 15.8. The van der Waals surface area contributed by atoms with E-state index in [0.717, 1.165) is 19.5 Å². The van der Waals surface area contributed by atoms with Crippen molar-refractivity contribution in [2.45, 2.75) is 19.3 Å². The summed E-state index contributed by atoms with van der Waals surface area (Å²) >= 11 is 0. The summed E-state index contributed by atoms with van der Waals surface area (Å²) in [6.45, 7) is 2.94. The second-order valence-electron chi connectivity index (χ2n) is 6.30. The predicted molar refractivity (Wildman–Crippen MR) is 93.2 cm³/mol. The van der Waals surface area contributed by atoms with Crippen LogP contribution < -0.4 is 15.4 Å². The fourth-order valence-electron chi connectivity index (χ4n) is 2.83. The van der Waals surface area contributed by atoms with Crippen LogP contribution in [0.25, 0.3) is 0 Å². The Labute approximate surface area is 143 Å². The van der Waals surface area contributed by atoms with Crippen LogP contribution in [0, 0.1) is 5.92 Å². The van der Waals surface area contributed by atoms with E-state index in [0.29, 0.717) is 23.8 Å². The monoisotopic (exact) mass is 333 g/mol. The summed E-state index contributed by atoms with van der Waals surface area (Å²) in [4.78, 5) is 26.1. The first-order chi connectivity index (χ1) is 11.6. The molecule has 0 spiro atoms. The molecule has 1 fully saturated rings. The summed E-state index contributed by atoms with van der Waals surface area (Å²) in [6.07, 6.45) is 3.40. The van der Waals surface area contributed by atoms with Gasteiger partial charge < -0.3 is 20.3 Å².